The zero-order valence-corrected chi connectivity index (χ0v) is 21.9. The van der Waals surface area contributed by atoms with Gasteiger partial charge >= 0.3 is 0 Å². The third-order valence-electron chi connectivity index (χ3n) is 6.47. The van der Waals surface area contributed by atoms with Gasteiger partial charge in [0.05, 0.1) is 24.6 Å². The molecule has 1 aliphatic heterocycles. The zero-order chi connectivity index (χ0) is 24.8. The van der Waals surface area contributed by atoms with Gasteiger partial charge in [0, 0.05) is 37.7 Å². The normalized spacial score (nSPS) is 15.3. The van der Waals surface area contributed by atoms with E-state index in [2.05, 4.69) is 52.9 Å². The fourth-order valence-electron chi connectivity index (χ4n) is 4.64. The van der Waals surface area contributed by atoms with Gasteiger partial charge in [-0.2, -0.15) is 0 Å². The van der Waals surface area contributed by atoms with Gasteiger partial charge in [0.25, 0.3) is 5.56 Å². The van der Waals surface area contributed by atoms with Crippen LogP contribution in [0.15, 0.2) is 35.1 Å². The molecule has 2 N–H and O–H groups in total. The molecule has 3 aromatic rings. The maximum Gasteiger partial charge on any atom is 0.259 e. The van der Waals surface area contributed by atoms with Crippen LogP contribution in [0.3, 0.4) is 0 Å². The molecule has 8 heteroatoms. The Morgan fingerprint density at radius 3 is 2.83 bits per heavy atom. The van der Waals surface area contributed by atoms with E-state index in [1.165, 1.54) is 16.0 Å². The number of aliphatic hydroxyl groups excluding tert-OH is 1. The number of nitrogens with one attached hydrogen (secondary N) is 1. The van der Waals surface area contributed by atoms with Crippen LogP contribution >= 0.6 is 11.3 Å². The van der Waals surface area contributed by atoms with E-state index in [1.807, 2.05) is 13.0 Å². The summed E-state index contributed by atoms with van der Waals surface area (Å²) in [7, 11) is 0. The molecule has 190 valence electrons. The molecular weight excluding hydrogens is 460 g/mol. The summed E-state index contributed by atoms with van der Waals surface area (Å²) in [5, 5.41) is 11.2. The zero-order valence-electron chi connectivity index (χ0n) is 21.1. The molecule has 0 amide bonds. The van der Waals surface area contributed by atoms with E-state index < -0.39 is 6.10 Å². The standard InChI is InChI=1S/C27H38N4O3S/c1-4-34-18-21(32)15-31(12-10-19(2)3)17-24-28-26(33)25-22-11-13-30(14-20-8-6-5-7-9-20)16-23(22)35-27(25)29-24/h5-9,19,21,32H,4,10-18H2,1-3H3,(H,28,29,33)/t21-/m1/s1. The molecule has 7 nitrogen and oxygen atoms in total. The van der Waals surface area contributed by atoms with Gasteiger partial charge in [-0.05, 0) is 43.4 Å². The number of nitrogens with zero attached hydrogens (tertiary/aromatic N) is 3. The van der Waals surface area contributed by atoms with Crippen molar-refractivity contribution in [1.82, 2.24) is 19.8 Å². The summed E-state index contributed by atoms with van der Waals surface area (Å²) in [4.78, 5) is 27.7. The number of hydrogen-bond acceptors (Lipinski definition) is 7. The molecule has 0 radical (unpaired) electrons. The average molecular weight is 499 g/mol. The summed E-state index contributed by atoms with van der Waals surface area (Å²) >= 11 is 1.65. The van der Waals surface area contributed by atoms with Gasteiger partial charge in [0.1, 0.15) is 10.7 Å². The van der Waals surface area contributed by atoms with Gasteiger partial charge in [-0.15, -0.1) is 11.3 Å². The number of aliphatic hydroxyl groups is 1. The number of ether oxygens (including phenoxy) is 1. The largest absolute Gasteiger partial charge is 0.389 e. The molecule has 3 heterocycles. The number of H-pyrrole nitrogens is 1. The molecule has 2 aromatic heterocycles. The summed E-state index contributed by atoms with van der Waals surface area (Å²) < 4.78 is 5.39. The maximum atomic E-state index is 13.1. The van der Waals surface area contributed by atoms with Crippen LogP contribution in [0, 0.1) is 5.92 Å². The highest BCUT2D eigenvalue weighted by molar-refractivity contribution is 7.18. The van der Waals surface area contributed by atoms with Crippen LogP contribution in [0.2, 0.25) is 0 Å². The number of benzene rings is 1. The number of thiophene rings is 1. The maximum absolute atomic E-state index is 13.1. The van der Waals surface area contributed by atoms with Gasteiger partial charge in [0.15, 0.2) is 0 Å². The van der Waals surface area contributed by atoms with Crippen LogP contribution < -0.4 is 5.56 Å². The Bertz CT molecular complexity index is 1140. The summed E-state index contributed by atoms with van der Waals surface area (Å²) in [6.07, 6.45) is 1.32. The van der Waals surface area contributed by atoms with Gasteiger partial charge in [-0.1, -0.05) is 44.2 Å². The Morgan fingerprint density at radius 1 is 1.29 bits per heavy atom. The second-order valence-corrected chi connectivity index (χ2v) is 11.0. The van der Waals surface area contributed by atoms with Crippen molar-refractivity contribution in [3.8, 4) is 0 Å². The molecule has 1 aliphatic rings. The second-order valence-electron chi connectivity index (χ2n) is 9.87. The van der Waals surface area contributed by atoms with Gasteiger partial charge in [0.2, 0.25) is 0 Å². The number of rotatable bonds is 12. The van der Waals surface area contributed by atoms with E-state index in [1.54, 1.807) is 11.3 Å². The van der Waals surface area contributed by atoms with Crippen molar-refractivity contribution in [3.63, 3.8) is 0 Å². The Morgan fingerprint density at radius 2 is 2.09 bits per heavy atom. The molecule has 0 spiro atoms. The van der Waals surface area contributed by atoms with E-state index in [0.29, 0.717) is 38.0 Å². The molecule has 0 bridgehead atoms. The SMILES string of the molecule is CCOC[C@H](O)CN(CCC(C)C)Cc1nc2sc3c(c2c(=O)[nH]1)CCN(Cc1ccccc1)C3. The van der Waals surface area contributed by atoms with Gasteiger partial charge < -0.3 is 14.8 Å². The Hall–Kier alpha value is -2.10. The predicted molar refractivity (Wildman–Crippen MR) is 142 cm³/mol. The van der Waals surface area contributed by atoms with Crippen LogP contribution in [0.25, 0.3) is 10.2 Å². The molecule has 0 saturated heterocycles. The first-order valence-electron chi connectivity index (χ1n) is 12.7. The van der Waals surface area contributed by atoms with Crippen LogP contribution in [-0.4, -0.2) is 63.8 Å². The fraction of sp³-hybridized carbons (Fsp3) is 0.556. The third-order valence-corrected chi connectivity index (χ3v) is 7.58. The monoisotopic (exact) mass is 498 g/mol. The second kappa shape index (κ2) is 12.2. The van der Waals surface area contributed by atoms with Crippen molar-refractivity contribution in [3.05, 3.63) is 62.5 Å². The van der Waals surface area contributed by atoms with Crippen molar-refractivity contribution in [2.24, 2.45) is 5.92 Å². The Labute approximate surface area is 211 Å². The summed E-state index contributed by atoms with van der Waals surface area (Å²) in [5.74, 6) is 1.22. The summed E-state index contributed by atoms with van der Waals surface area (Å²) in [6.45, 7) is 11.7. The Balaban J connectivity index is 1.50. The fourth-order valence-corrected chi connectivity index (χ4v) is 5.92. The van der Waals surface area contributed by atoms with Crippen molar-refractivity contribution in [2.75, 3.05) is 32.8 Å². The first-order chi connectivity index (χ1) is 16.9. The molecule has 0 unspecified atom stereocenters. The van der Waals surface area contributed by atoms with Crippen LogP contribution in [0.1, 0.15) is 49.0 Å². The average Bonchev–Trinajstić information content (AvgIpc) is 3.19. The number of fused-ring (bicyclic) bond motifs is 3. The molecule has 1 aromatic carbocycles. The van der Waals surface area contributed by atoms with E-state index in [0.717, 1.165) is 49.2 Å². The molecular formula is C27H38N4O3S. The summed E-state index contributed by atoms with van der Waals surface area (Å²) in [6, 6.07) is 10.5. The van der Waals surface area contributed by atoms with E-state index >= 15 is 0 Å². The molecule has 35 heavy (non-hydrogen) atoms. The smallest absolute Gasteiger partial charge is 0.259 e. The molecule has 0 fully saturated rings. The lowest BCUT2D eigenvalue weighted by Crippen LogP contribution is -2.36. The summed E-state index contributed by atoms with van der Waals surface area (Å²) in [5.41, 5.74) is 2.43. The minimum absolute atomic E-state index is 0.0438. The van der Waals surface area contributed by atoms with Crippen molar-refractivity contribution < 1.29 is 9.84 Å². The van der Waals surface area contributed by atoms with Crippen molar-refractivity contribution in [2.45, 2.75) is 59.4 Å². The topological polar surface area (TPSA) is 81.7 Å². The minimum atomic E-state index is -0.567. The quantitative estimate of drug-likeness (QED) is 0.395. The van der Waals surface area contributed by atoms with E-state index in [-0.39, 0.29) is 5.56 Å². The van der Waals surface area contributed by atoms with E-state index in [4.69, 9.17) is 9.72 Å². The predicted octanol–water partition coefficient (Wildman–Crippen LogP) is 3.79. The first kappa shape index (κ1) is 26.0. The lowest BCUT2D eigenvalue weighted by Gasteiger charge is -2.26. The molecule has 4 rings (SSSR count). The highest BCUT2D eigenvalue weighted by atomic mass is 32.1. The first-order valence-corrected chi connectivity index (χ1v) is 13.5. The molecule has 0 aliphatic carbocycles. The lowest BCUT2D eigenvalue weighted by atomic mass is 10.0. The number of aromatic nitrogens is 2. The van der Waals surface area contributed by atoms with Crippen molar-refractivity contribution >= 4 is 21.6 Å². The third kappa shape index (κ3) is 6.98. The van der Waals surface area contributed by atoms with Crippen molar-refractivity contribution in [1.29, 1.82) is 0 Å². The number of aromatic amines is 1. The highest BCUT2D eigenvalue weighted by Gasteiger charge is 2.24. The lowest BCUT2D eigenvalue weighted by molar-refractivity contribution is 0.0183. The van der Waals surface area contributed by atoms with Crippen LogP contribution in [-0.2, 0) is 30.8 Å². The Kier molecular flexibility index (Phi) is 9.08. The van der Waals surface area contributed by atoms with Crippen LogP contribution in [0.4, 0.5) is 0 Å². The van der Waals surface area contributed by atoms with Gasteiger partial charge in [-0.3, -0.25) is 14.6 Å². The van der Waals surface area contributed by atoms with Crippen LogP contribution in [0.5, 0.6) is 0 Å². The molecule has 1 atom stereocenters. The van der Waals surface area contributed by atoms with E-state index in [9.17, 15) is 9.90 Å². The molecule has 0 saturated carbocycles. The highest BCUT2D eigenvalue weighted by Crippen LogP contribution is 2.33. The minimum Gasteiger partial charge on any atom is -0.389 e. The number of hydrogen-bond donors (Lipinski definition) is 2. The van der Waals surface area contributed by atoms with Gasteiger partial charge in [-0.25, -0.2) is 4.98 Å².